The van der Waals surface area contributed by atoms with Crippen molar-refractivity contribution >= 4 is 22.9 Å². The Kier molecular flexibility index (Phi) is 8.75. The van der Waals surface area contributed by atoms with Crippen LogP contribution in [0.1, 0.15) is 50.2 Å². The number of aryl methyl sites for hydroxylation is 6. The Bertz CT molecular complexity index is 1920. The van der Waals surface area contributed by atoms with Crippen molar-refractivity contribution in [2.45, 2.75) is 41.5 Å². The first kappa shape index (κ1) is 31.1. The van der Waals surface area contributed by atoms with E-state index in [0.717, 1.165) is 0 Å². The zero-order valence-corrected chi connectivity index (χ0v) is 26.5. The molecule has 0 amide bonds. The molecule has 6 rings (SSSR count). The van der Waals surface area contributed by atoms with E-state index >= 15 is 0 Å². The molecule has 7 heteroatoms. The fourth-order valence-corrected chi connectivity index (χ4v) is 6.43. The number of aromatic nitrogens is 2. The van der Waals surface area contributed by atoms with E-state index in [-0.39, 0.29) is 0 Å². The van der Waals surface area contributed by atoms with Gasteiger partial charge in [-0.25, -0.2) is 18.6 Å². The highest BCUT2D eigenvalue weighted by Gasteiger charge is 2.29. The molecule has 0 radical (unpaired) electrons. The summed E-state index contributed by atoms with van der Waals surface area (Å²) < 4.78 is 38.6. The second-order valence-corrected chi connectivity index (χ2v) is 12.1. The Morgan fingerprint density at radius 1 is 0.705 bits per heavy atom. The van der Waals surface area contributed by atoms with E-state index in [2.05, 4.69) is 154 Å². The van der Waals surface area contributed by atoms with Crippen molar-refractivity contribution in [2.75, 3.05) is 0 Å². The molecule has 0 fully saturated rings. The molecule has 2 aromatic carbocycles. The zero-order valence-electron chi connectivity index (χ0n) is 25.7. The van der Waals surface area contributed by atoms with Gasteiger partial charge in [0.2, 0.25) is 11.4 Å². The molecule has 0 saturated carbocycles. The third-order valence-corrected chi connectivity index (χ3v) is 7.83. The van der Waals surface area contributed by atoms with Crippen molar-refractivity contribution in [1.29, 1.82) is 0 Å². The maximum atomic E-state index is 8.49. The van der Waals surface area contributed by atoms with Crippen molar-refractivity contribution in [3.63, 3.8) is 0 Å². The van der Waals surface area contributed by atoms with E-state index in [1.165, 1.54) is 78.2 Å². The monoisotopic (exact) mass is 606 g/mol. The minimum atomic E-state index is -4.94. The summed E-state index contributed by atoms with van der Waals surface area (Å²) >= 11 is 0. The van der Waals surface area contributed by atoms with E-state index in [4.69, 9.17) is 18.6 Å². The van der Waals surface area contributed by atoms with Crippen LogP contribution in [-0.2, 0) is 0 Å². The lowest BCUT2D eigenvalue weighted by Gasteiger charge is -2.17. The van der Waals surface area contributed by atoms with Crippen molar-refractivity contribution in [3.8, 4) is 11.3 Å². The highest BCUT2D eigenvalue weighted by Crippen LogP contribution is 2.34. The first-order valence-electron chi connectivity index (χ1n) is 14.3. The Balaban J connectivity index is 0.000000712. The number of allylic oxidation sites excluding steroid dienone is 4. The highest BCUT2D eigenvalue weighted by atomic mass is 35.7. The molecule has 0 spiro atoms. The number of hydrogen-bond acceptors (Lipinski definition) is 4. The van der Waals surface area contributed by atoms with Crippen LogP contribution in [0.5, 0.6) is 0 Å². The second-order valence-electron chi connectivity index (χ2n) is 11.3. The molecule has 0 unspecified atom stereocenters. The number of pyridine rings is 2. The van der Waals surface area contributed by atoms with Gasteiger partial charge in [-0.1, -0.05) is 53.6 Å². The molecule has 0 aliphatic carbocycles. The molecule has 44 heavy (non-hydrogen) atoms. The molecule has 1 aliphatic rings. The zero-order chi connectivity index (χ0) is 31.8. The molecule has 0 saturated heterocycles. The number of fused-ring (bicyclic) bond motifs is 2. The summed E-state index contributed by atoms with van der Waals surface area (Å²) in [6.45, 7) is 13.2. The predicted octanol–water partition coefficient (Wildman–Crippen LogP) is 3.99. The van der Waals surface area contributed by atoms with E-state index in [1.807, 2.05) is 0 Å². The molecule has 4 heterocycles. The molecular weight excluding hydrogens is 572 g/mol. The number of rotatable bonds is 4. The maximum Gasteiger partial charge on any atom is 0.219 e. The van der Waals surface area contributed by atoms with Gasteiger partial charge < -0.3 is 4.40 Å². The molecule has 0 atom stereocenters. The average Bonchev–Trinajstić information content (AvgIpc) is 3.46. The van der Waals surface area contributed by atoms with Crippen LogP contribution in [0.15, 0.2) is 97.4 Å². The summed E-state index contributed by atoms with van der Waals surface area (Å²) in [5.74, 6) is 0. The summed E-state index contributed by atoms with van der Waals surface area (Å²) in [6.07, 6.45) is 13.3. The molecule has 1 aliphatic heterocycles. The lowest BCUT2D eigenvalue weighted by molar-refractivity contribution is -2.00. The number of nitrogens with zero attached hydrogens (tertiary/aromatic N) is 2. The van der Waals surface area contributed by atoms with Gasteiger partial charge in [-0.15, -0.1) is 10.2 Å². The first-order valence-corrected chi connectivity index (χ1v) is 15.5. The standard InChI is InChI=1S/C37H35N2.ClHO4/c1-24-18-26(3)36(27(4)19-24)34-22-30(32-14-7-9-16-38(32)34)12-11-13-31-23-35(39-17-10-8-15-33(31)39)37-28(5)20-25(2)21-29(37)6;2-1(3,4)5/h7-23H,1-6H3;(H,2,3,4,5)/q+1;/p-1. The number of hydrogen-bond donors (Lipinski definition) is 0. The van der Waals surface area contributed by atoms with Gasteiger partial charge in [0, 0.05) is 35.5 Å². The maximum absolute atomic E-state index is 8.49. The fourth-order valence-electron chi connectivity index (χ4n) is 6.43. The Morgan fingerprint density at radius 3 is 1.89 bits per heavy atom. The summed E-state index contributed by atoms with van der Waals surface area (Å²) in [5, 5.41) is 0. The van der Waals surface area contributed by atoms with Crippen LogP contribution in [0, 0.1) is 51.8 Å². The smallest absolute Gasteiger partial charge is 0.219 e. The van der Waals surface area contributed by atoms with Crippen LogP contribution >= 0.6 is 0 Å². The van der Waals surface area contributed by atoms with E-state index in [9.17, 15) is 0 Å². The summed E-state index contributed by atoms with van der Waals surface area (Å²) in [5.41, 5.74) is 17.8. The minimum absolute atomic E-state index is 1.21. The molecule has 6 nitrogen and oxygen atoms in total. The van der Waals surface area contributed by atoms with E-state index in [0.29, 0.717) is 0 Å². The third-order valence-electron chi connectivity index (χ3n) is 7.83. The molecule has 3 aromatic heterocycles. The summed E-state index contributed by atoms with van der Waals surface area (Å²) in [7, 11) is -4.94. The molecule has 0 N–H and O–H groups in total. The van der Waals surface area contributed by atoms with E-state index < -0.39 is 10.2 Å². The Morgan fingerprint density at radius 2 is 1.27 bits per heavy atom. The van der Waals surface area contributed by atoms with Gasteiger partial charge >= 0.3 is 0 Å². The van der Waals surface area contributed by atoms with Crippen molar-refractivity contribution in [3.05, 3.63) is 148 Å². The second kappa shape index (κ2) is 12.4. The average molecular weight is 607 g/mol. The van der Waals surface area contributed by atoms with Crippen molar-refractivity contribution in [1.82, 2.24) is 4.40 Å². The van der Waals surface area contributed by atoms with Crippen LogP contribution in [0.2, 0.25) is 0 Å². The molecule has 5 aromatic rings. The number of benzene rings is 2. The Hall–Kier alpha value is -4.30. The van der Waals surface area contributed by atoms with Crippen LogP contribution in [-0.4, -0.2) is 4.40 Å². The molecule has 224 valence electrons. The predicted molar refractivity (Wildman–Crippen MR) is 165 cm³/mol. The van der Waals surface area contributed by atoms with Gasteiger partial charge in [0.1, 0.15) is 0 Å². The lowest BCUT2D eigenvalue weighted by Crippen LogP contribution is -2.68. The fraction of sp³-hybridized carbons (Fsp3) is 0.162. The SMILES string of the molecule is Cc1cc(C)c(C2=CC(=CC=Cc3cc(-c4c(C)cc(C)cc4C)n4ccccc34)c3cccc[n+]32)c(C)c1.[O-][Cl+3]([O-])([O-])[O-]. The first-order chi connectivity index (χ1) is 20.8. The van der Waals surface area contributed by atoms with Crippen LogP contribution in [0.3, 0.4) is 0 Å². The minimum Gasteiger partial charge on any atom is -0.316 e. The Labute approximate surface area is 260 Å². The number of halogens is 1. The normalized spacial score (nSPS) is 13.8. The lowest BCUT2D eigenvalue weighted by atomic mass is 9.97. The largest absolute Gasteiger partial charge is 0.316 e. The van der Waals surface area contributed by atoms with Gasteiger partial charge in [-0.05, 0) is 94.1 Å². The third kappa shape index (κ3) is 6.60. The molecular formula is C37H35ClN2O4. The van der Waals surface area contributed by atoms with Gasteiger partial charge in [-0.2, -0.15) is 4.57 Å². The highest BCUT2D eigenvalue weighted by molar-refractivity contribution is 5.87. The van der Waals surface area contributed by atoms with Crippen LogP contribution in [0.25, 0.3) is 34.1 Å². The van der Waals surface area contributed by atoms with Gasteiger partial charge in [0.15, 0.2) is 6.20 Å². The van der Waals surface area contributed by atoms with Gasteiger partial charge in [-0.3, -0.25) is 0 Å². The van der Waals surface area contributed by atoms with Gasteiger partial charge in [0.25, 0.3) is 0 Å². The van der Waals surface area contributed by atoms with Crippen molar-refractivity contribution in [2.24, 2.45) is 0 Å². The quantitative estimate of drug-likeness (QED) is 0.289. The topological polar surface area (TPSA) is 101 Å². The summed E-state index contributed by atoms with van der Waals surface area (Å²) in [6, 6.07) is 24.3. The van der Waals surface area contributed by atoms with Crippen LogP contribution < -0.4 is 23.2 Å². The van der Waals surface area contributed by atoms with E-state index in [1.54, 1.807) is 0 Å². The van der Waals surface area contributed by atoms with Gasteiger partial charge in [0.05, 0.1) is 22.3 Å². The molecule has 0 bridgehead atoms. The van der Waals surface area contributed by atoms with Crippen LogP contribution in [0.4, 0.5) is 0 Å². The van der Waals surface area contributed by atoms with Crippen molar-refractivity contribution < 1.29 is 33.4 Å². The summed E-state index contributed by atoms with van der Waals surface area (Å²) in [4.78, 5) is 0.